The standard InChI is InChI=1S/C13H20O4/c1-3-4-7-10-9-6-5-8-13(9,11(14)16-2)12(15)17-10/h9-10H,3-8H2,1-2H3/t9-,10?,13-/m1/s1. The van der Waals surface area contributed by atoms with Crippen molar-refractivity contribution in [1.82, 2.24) is 0 Å². The summed E-state index contributed by atoms with van der Waals surface area (Å²) in [6.07, 6.45) is 5.30. The third-order valence-electron chi connectivity index (χ3n) is 4.18. The first-order chi connectivity index (χ1) is 8.16. The molecule has 0 amide bonds. The molecule has 1 aliphatic carbocycles. The van der Waals surface area contributed by atoms with Gasteiger partial charge in [0.1, 0.15) is 6.10 Å². The Morgan fingerprint density at radius 2 is 2.35 bits per heavy atom. The van der Waals surface area contributed by atoms with Gasteiger partial charge in [-0.1, -0.05) is 26.2 Å². The maximum absolute atomic E-state index is 12.0. The van der Waals surface area contributed by atoms with Crippen LogP contribution in [0.25, 0.3) is 0 Å². The van der Waals surface area contributed by atoms with E-state index in [2.05, 4.69) is 6.92 Å². The number of carbonyl (C=O) groups excluding carboxylic acids is 2. The fourth-order valence-electron chi connectivity index (χ4n) is 3.30. The SMILES string of the molecule is CCCCC1OC(=O)[C@]2(C(=O)OC)CCC[C@H]12. The predicted octanol–water partition coefficient (Wildman–Crippen LogP) is 2.06. The molecule has 96 valence electrons. The van der Waals surface area contributed by atoms with E-state index in [0.29, 0.717) is 6.42 Å². The van der Waals surface area contributed by atoms with Crippen molar-refractivity contribution in [2.75, 3.05) is 7.11 Å². The van der Waals surface area contributed by atoms with Gasteiger partial charge >= 0.3 is 11.9 Å². The maximum atomic E-state index is 12.0. The quantitative estimate of drug-likeness (QED) is 0.557. The largest absolute Gasteiger partial charge is 0.468 e. The van der Waals surface area contributed by atoms with Crippen LogP contribution in [0.2, 0.25) is 0 Å². The average Bonchev–Trinajstić information content (AvgIpc) is 2.87. The maximum Gasteiger partial charge on any atom is 0.324 e. The van der Waals surface area contributed by atoms with E-state index in [0.717, 1.165) is 32.1 Å². The molecule has 4 nitrogen and oxygen atoms in total. The van der Waals surface area contributed by atoms with Gasteiger partial charge in [-0.2, -0.15) is 0 Å². The van der Waals surface area contributed by atoms with E-state index < -0.39 is 11.4 Å². The van der Waals surface area contributed by atoms with Crippen LogP contribution in [0.15, 0.2) is 0 Å². The number of hydrogen-bond donors (Lipinski definition) is 0. The van der Waals surface area contributed by atoms with Crippen molar-refractivity contribution in [3.63, 3.8) is 0 Å². The third kappa shape index (κ3) is 1.74. The van der Waals surface area contributed by atoms with Crippen LogP contribution in [-0.4, -0.2) is 25.2 Å². The van der Waals surface area contributed by atoms with Crippen LogP contribution >= 0.6 is 0 Å². The zero-order valence-corrected chi connectivity index (χ0v) is 10.5. The molecule has 0 spiro atoms. The van der Waals surface area contributed by atoms with Crippen LogP contribution in [0.3, 0.4) is 0 Å². The lowest BCUT2D eigenvalue weighted by Crippen LogP contribution is -2.39. The normalized spacial score (nSPS) is 35.5. The molecule has 0 aromatic rings. The molecule has 2 rings (SSSR count). The lowest BCUT2D eigenvalue weighted by atomic mass is 9.76. The number of ether oxygens (including phenoxy) is 2. The number of unbranched alkanes of at least 4 members (excludes halogenated alkanes) is 1. The van der Waals surface area contributed by atoms with Crippen molar-refractivity contribution in [3.8, 4) is 0 Å². The Morgan fingerprint density at radius 3 is 3.00 bits per heavy atom. The van der Waals surface area contributed by atoms with Gasteiger partial charge in [-0.05, 0) is 19.3 Å². The molecule has 17 heavy (non-hydrogen) atoms. The Bertz CT molecular complexity index is 325. The van der Waals surface area contributed by atoms with Gasteiger partial charge in [0, 0.05) is 5.92 Å². The first kappa shape index (κ1) is 12.4. The molecule has 0 aromatic carbocycles. The van der Waals surface area contributed by atoms with E-state index in [1.165, 1.54) is 7.11 Å². The Balaban J connectivity index is 2.20. The number of carbonyl (C=O) groups is 2. The van der Waals surface area contributed by atoms with Gasteiger partial charge in [0.15, 0.2) is 5.41 Å². The lowest BCUT2D eigenvalue weighted by molar-refractivity contribution is -0.163. The van der Waals surface area contributed by atoms with Crippen LogP contribution in [0.4, 0.5) is 0 Å². The molecule has 0 aromatic heterocycles. The van der Waals surface area contributed by atoms with Gasteiger partial charge < -0.3 is 9.47 Å². The second kappa shape index (κ2) is 4.67. The molecule has 1 unspecified atom stereocenters. The molecule has 1 saturated heterocycles. The van der Waals surface area contributed by atoms with Gasteiger partial charge in [-0.25, -0.2) is 0 Å². The second-order valence-electron chi connectivity index (χ2n) is 5.05. The summed E-state index contributed by atoms with van der Waals surface area (Å²) in [5.74, 6) is -0.717. The van der Waals surface area contributed by atoms with Crippen LogP contribution in [0.1, 0.15) is 45.4 Å². The van der Waals surface area contributed by atoms with Gasteiger partial charge in [-0.15, -0.1) is 0 Å². The molecule has 2 aliphatic rings. The summed E-state index contributed by atoms with van der Waals surface area (Å²) in [7, 11) is 1.35. The smallest absolute Gasteiger partial charge is 0.324 e. The lowest BCUT2D eigenvalue weighted by Gasteiger charge is -2.22. The molecular formula is C13H20O4. The van der Waals surface area contributed by atoms with E-state index in [9.17, 15) is 9.59 Å². The van der Waals surface area contributed by atoms with Crippen molar-refractivity contribution in [3.05, 3.63) is 0 Å². The van der Waals surface area contributed by atoms with Crippen molar-refractivity contribution in [1.29, 1.82) is 0 Å². The van der Waals surface area contributed by atoms with E-state index in [4.69, 9.17) is 9.47 Å². The molecule has 0 bridgehead atoms. The summed E-state index contributed by atoms with van der Waals surface area (Å²) < 4.78 is 10.2. The highest BCUT2D eigenvalue weighted by Crippen LogP contribution is 2.53. The highest BCUT2D eigenvalue weighted by atomic mass is 16.6. The van der Waals surface area contributed by atoms with Gasteiger partial charge in [-0.3, -0.25) is 9.59 Å². The minimum absolute atomic E-state index is 0.0361. The molecule has 1 heterocycles. The molecule has 0 N–H and O–H groups in total. The first-order valence-corrected chi connectivity index (χ1v) is 6.46. The van der Waals surface area contributed by atoms with Crippen molar-refractivity contribution < 1.29 is 19.1 Å². The first-order valence-electron chi connectivity index (χ1n) is 6.46. The van der Waals surface area contributed by atoms with Crippen molar-refractivity contribution >= 4 is 11.9 Å². The summed E-state index contributed by atoms with van der Waals surface area (Å²) in [5.41, 5.74) is -0.979. The average molecular weight is 240 g/mol. The predicted molar refractivity (Wildman–Crippen MR) is 61.2 cm³/mol. The fraction of sp³-hybridized carbons (Fsp3) is 0.846. The van der Waals surface area contributed by atoms with Crippen LogP contribution < -0.4 is 0 Å². The minimum Gasteiger partial charge on any atom is -0.468 e. The third-order valence-corrected chi connectivity index (χ3v) is 4.18. The summed E-state index contributed by atoms with van der Waals surface area (Å²) in [6.45, 7) is 2.11. The number of hydrogen-bond acceptors (Lipinski definition) is 4. The molecule has 4 heteroatoms. The minimum atomic E-state index is -0.979. The van der Waals surface area contributed by atoms with Gasteiger partial charge in [0.05, 0.1) is 7.11 Å². The van der Waals surface area contributed by atoms with Crippen molar-refractivity contribution in [2.45, 2.75) is 51.6 Å². The highest BCUT2D eigenvalue weighted by Gasteiger charge is 2.64. The molecule has 3 atom stereocenters. The monoisotopic (exact) mass is 240 g/mol. The van der Waals surface area contributed by atoms with Crippen LogP contribution in [-0.2, 0) is 19.1 Å². The Kier molecular flexibility index (Phi) is 3.40. The van der Waals surface area contributed by atoms with E-state index in [1.54, 1.807) is 0 Å². The zero-order chi connectivity index (χ0) is 12.5. The Labute approximate surface area is 102 Å². The summed E-state index contributed by atoms with van der Waals surface area (Å²) in [6, 6.07) is 0. The number of esters is 2. The molecule has 1 saturated carbocycles. The summed E-state index contributed by atoms with van der Waals surface area (Å²) in [4.78, 5) is 24.0. The molecule has 1 aliphatic heterocycles. The highest BCUT2D eigenvalue weighted by molar-refractivity contribution is 6.02. The Hall–Kier alpha value is -1.06. The van der Waals surface area contributed by atoms with Crippen LogP contribution in [0.5, 0.6) is 0 Å². The number of methoxy groups -OCH3 is 1. The van der Waals surface area contributed by atoms with E-state index in [-0.39, 0.29) is 18.0 Å². The summed E-state index contributed by atoms with van der Waals surface area (Å²) >= 11 is 0. The van der Waals surface area contributed by atoms with E-state index in [1.807, 2.05) is 0 Å². The molecule has 0 radical (unpaired) electrons. The second-order valence-corrected chi connectivity index (χ2v) is 5.05. The topological polar surface area (TPSA) is 52.6 Å². The van der Waals surface area contributed by atoms with Crippen LogP contribution in [0, 0.1) is 11.3 Å². The van der Waals surface area contributed by atoms with E-state index >= 15 is 0 Å². The van der Waals surface area contributed by atoms with Gasteiger partial charge in [0.25, 0.3) is 0 Å². The van der Waals surface area contributed by atoms with Gasteiger partial charge in [0.2, 0.25) is 0 Å². The zero-order valence-electron chi connectivity index (χ0n) is 10.5. The van der Waals surface area contributed by atoms with Crippen molar-refractivity contribution in [2.24, 2.45) is 11.3 Å². The number of rotatable bonds is 4. The molecule has 2 fully saturated rings. The molecular weight excluding hydrogens is 220 g/mol. The number of fused-ring (bicyclic) bond motifs is 1. The number of cyclic esters (lactones) is 1. The Morgan fingerprint density at radius 1 is 1.59 bits per heavy atom. The fourth-order valence-corrected chi connectivity index (χ4v) is 3.30. The summed E-state index contributed by atoms with van der Waals surface area (Å²) in [5, 5.41) is 0.